The Labute approximate surface area is 115 Å². The number of thioether (sulfide) groups is 1. The number of methoxy groups -OCH3 is 1. The number of nitroso groups, excluding NO2 is 1. The highest BCUT2D eigenvalue weighted by atomic mass is 32.2. The molecule has 106 valence electrons. The average Bonchev–Trinajstić information content (AvgIpc) is 2.94. The van der Waals surface area contributed by atoms with Crippen LogP contribution >= 0.6 is 11.8 Å². The third-order valence-corrected chi connectivity index (χ3v) is 5.01. The fourth-order valence-electron chi connectivity index (χ4n) is 2.51. The Bertz CT molecular complexity index is 379. The van der Waals surface area contributed by atoms with Crippen molar-refractivity contribution in [2.45, 2.75) is 42.6 Å². The van der Waals surface area contributed by atoms with Gasteiger partial charge in [0.15, 0.2) is 6.04 Å². The van der Waals surface area contributed by atoms with Crippen LogP contribution in [-0.2, 0) is 9.53 Å². The Balaban J connectivity index is 1.75. The Morgan fingerprint density at radius 2 is 2.37 bits per heavy atom. The number of amides is 2. The number of fused-ring (bicyclic) bond motifs is 1. The van der Waals surface area contributed by atoms with E-state index in [0.717, 1.165) is 12.2 Å². The summed E-state index contributed by atoms with van der Waals surface area (Å²) in [5, 5.41) is 8.89. The topological polar surface area (TPSA) is 96.9 Å². The van der Waals surface area contributed by atoms with E-state index >= 15 is 0 Å². The van der Waals surface area contributed by atoms with E-state index in [0.29, 0.717) is 18.1 Å². The first-order chi connectivity index (χ1) is 9.15. The summed E-state index contributed by atoms with van der Waals surface area (Å²) in [5.41, 5.74) is 0. The third kappa shape index (κ3) is 3.17. The van der Waals surface area contributed by atoms with Gasteiger partial charge in [-0.05, 0) is 19.3 Å². The number of ether oxygens (including phenoxy) is 1. The van der Waals surface area contributed by atoms with Crippen LogP contribution in [0, 0.1) is 4.91 Å². The largest absolute Gasteiger partial charge is 0.467 e. The van der Waals surface area contributed by atoms with Crippen LogP contribution in [0.5, 0.6) is 0 Å². The number of urea groups is 1. The smallest absolute Gasteiger partial charge is 0.334 e. The van der Waals surface area contributed by atoms with Gasteiger partial charge in [-0.1, -0.05) is 5.18 Å². The maximum Gasteiger partial charge on any atom is 0.334 e. The molecule has 2 saturated heterocycles. The molecular weight excluding hydrogens is 270 g/mol. The quantitative estimate of drug-likeness (QED) is 0.424. The van der Waals surface area contributed by atoms with Gasteiger partial charge in [0.05, 0.1) is 19.2 Å². The normalized spacial score (nSPS) is 30.2. The van der Waals surface area contributed by atoms with Gasteiger partial charge in [-0.25, -0.2) is 9.59 Å². The summed E-state index contributed by atoms with van der Waals surface area (Å²) in [6.45, 7) is 0. The first-order valence-electron chi connectivity index (χ1n) is 6.24. The predicted molar refractivity (Wildman–Crippen MR) is 70.9 cm³/mol. The van der Waals surface area contributed by atoms with Gasteiger partial charge in [0.25, 0.3) is 0 Å². The van der Waals surface area contributed by atoms with E-state index in [1.54, 1.807) is 0 Å². The van der Waals surface area contributed by atoms with Crippen molar-refractivity contribution >= 4 is 23.8 Å². The van der Waals surface area contributed by atoms with Crippen LogP contribution in [0.1, 0.15) is 19.3 Å². The maximum absolute atomic E-state index is 11.2. The molecule has 2 N–H and O–H groups in total. The molecule has 0 aromatic rings. The number of esters is 1. The molecule has 7 nitrogen and oxygen atoms in total. The highest BCUT2D eigenvalue weighted by Crippen LogP contribution is 2.33. The summed E-state index contributed by atoms with van der Waals surface area (Å²) < 4.78 is 4.50. The molecule has 0 spiro atoms. The number of nitrogens with one attached hydrogen (secondary N) is 2. The fourth-order valence-corrected chi connectivity index (χ4v) is 4.05. The van der Waals surface area contributed by atoms with Crippen molar-refractivity contribution in [2.75, 3.05) is 12.9 Å². The lowest BCUT2D eigenvalue weighted by Crippen LogP contribution is -2.36. The molecule has 0 bridgehead atoms. The molecule has 2 aliphatic heterocycles. The van der Waals surface area contributed by atoms with E-state index in [4.69, 9.17) is 0 Å². The van der Waals surface area contributed by atoms with Crippen molar-refractivity contribution in [3.63, 3.8) is 0 Å². The Hall–Kier alpha value is -1.31. The van der Waals surface area contributed by atoms with E-state index in [9.17, 15) is 14.5 Å². The molecule has 4 atom stereocenters. The van der Waals surface area contributed by atoms with E-state index in [2.05, 4.69) is 20.5 Å². The number of rotatable bonds is 6. The van der Waals surface area contributed by atoms with E-state index < -0.39 is 12.0 Å². The molecule has 1 unspecified atom stereocenters. The van der Waals surface area contributed by atoms with Crippen molar-refractivity contribution in [1.82, 2.24) is 10.6 Å². The molecule has 8 heteroatoms. The number of carbonyl (C=O) groups excluding carboxylic acids is 2. The van der Waals surface area contributed by atoms with Gasteiger partial charge in [-0.2, -0.15) is 11.8 Å². The van der Waals surface area contributed by atoms with Crippen molar-refractivity contribution in [1.29, 1.82) is 0 Å². The van der Waals surface area contributed by atoms with Crippen LogP contribution in [0.4, 0.5) is 4.79 Å². The predicted octanol–water partition coefficient (Wildman–Crippen LogP) is 0.630. The van der Waals surface area contributed by atoms with Gasteiger partial charge in [-0.15, -0.1) is 4.91 Å². The van der Waals surface area contributed by atoms with Gasteiger partial charge < -0.3 is 15.4 Å². The molecule has 0 saturated carbocycles. The number of hydrogen-bond donors (Lipinski definition) is 2. The standard InChI is InChI=1S/C11H17N3O4S/c1-18-10(15)6(14-17)3-2-4-8-9-7(5-19-8)12-11(16)13-9/h6-9H,2-5H2,1H3,(H2,12,13,16)/t6?,7-,8-,9-/m0/s1. The Morgan fingerprint density at radius 1 is 1.58 bits per heavy atom. The van der Waals surface area contributed by atoms with Crippen molar-refractivity contribution in [3.05, 3.63) is 4.91 Å². The molecule has 2 fully saturated rings. The van der Waals surface area contributed by atoms with Crippen LogP contribution < -0.4 is 10.6 Å². The lowest BCUT2D eigenvalue weighted by atomic mass is 10.0. The zero-order valence-electron chi connectivity index (χ0n) is 10.6. The maximum atomic E-state index is 11.2. The summed E-state index contributed by atoms with van der Waals surface area (Å²) in [7, 11) is 1.25. The summed E-state index contributed by atoms with van der Waals surface area (Å²) in [4.78, 5) is 33.0. The Kier molecular flexibility index (Phi) is 4.62. The molecule has 2 rings (SSSR count). The molecule has 2 heterocycles. The van der Waals surface area contributed by atoms with E-state index in [1.165, 1.54) is 7.11 Å². The molecule has 0 aliphatic carbocycles. The second kappa shape index (κ2) is 6.23. The van der Waals surface area contributed by atoms with E-state index in [1.807, 2.05) is 11.8 Å². The van der Waals surface area contributed by atoms with Gasteiger partial charge in [0.2, 0.25) is 0 Å². The second-order valence-electron chi connectivity index (χ2n) is 4.70. The summed E-state index contributed by atoms with van der Waals surface area (Å²) in [6.07, 6.45) is 1.95. The number of carbonyl (C=O) groups is 2. The molecule has 0 radical (unpaired) electrons. The highest BCUT2D eigenvalue weighted by Gasteiger charge is 2.42. The monoisotopic (exact) mass is 287 g/mol. The highest BCUT2D eigenvalue weighted by molar-refractivity contribution is 8.00. The molecule has 0 aromatic heterocycles. The van der Waals surface area contributed by atoms with Crippen LogP contribution in [0.3, 0.4) is 0 Å². The van der Waals surface area contributed by atoms with Crippen LogP contribution in [0.2, 0.25) is 0 Å². The van der Waals surface area contributed by atoms with Crippen LogP contribution in [0.15, 0.2) is 5.18 Å². The fraction of sp³-hybridized carbons (Fsp3) is 0.818. The second-order valence-corrected chi connectivity index (χ2v) is 5.97. The minimum absolute atomic E-state index is 0.109. The van der Waals surface area contributed by atoms with Crippen molar-refractivity contribution in [3.8, 4) is 0 Å². The zero-order valence-corrected chi connectivity index (χ0v) is 11.4. The van der Waals surface area contributed by atoms with Crippen molar-refractivity contribution in [2.24, 2.45) is 5.18 Å². The number of nitrogens with zero attached hydrogens (tertiary/aromatic N) is 1. The minimum atomic E-state index is -0.913. The summed E-state index contributed by atoms with van der Waals surface area (Å²) >= 11 is 1.81. The van der Waals surface area contributed by atoms with Crippen molar-refractivity contribution < 1.29 is 14.3 Å². The molecule has 0 aromatic carbocycles. The van der Waals surface area contributed by atoms with Crippen LogP contribution in [-0.4, -0.2) is 48.2 Å². The molecule has 2 amide bonds. The third-order valence-electron chi connectivity index (χ3n) is 3.50. The van der Waals surface area contributed by atoms with Gasteiger partial charge in [0.1, 0.15) is 0 Å². The average molecular weight is 287 g/mol. The SMILES string of the molecule is COC(=O)C(CCC[C@@H]1SC[C@@H]2NC(=O)N[C@@H]21)N=O. The lowest BCUT2D eigenvalue weighted by molar-refractivity contribution is -0.142. The van der Waals surface area contributed by atoms with Gasteiger partial charge in [-0.3, -0.25) is 0 Å². The van der Waals surface area contributed by atoms with Crippen LogP contribution in [0.25, 0.3) is 0 Å². The molecular formula is C11H17N3O4S. The number of hydrogen-bond acceptors (Lipinski definition) is 6. The van der Waals surface area contributed by atoms with Gasteiger partial charge in [0, 0.05) is 11.0 Å². The summed E-state index contributed by atoms with van der Waals surface area (Å²) in [6, 6.07) is -0.674. The first kappa shape index (κ1) is 14.1. The molecule has 2 aliphatic rings. The van der Waals surface area contributed by atoms with E-state index in [-0.39, 0.29) is 18.1 Å². The first-order valence-corrected chi connectivity index (χ1v) is 7.29. The zero-order chi connectivity index (χ0) is 13.8. The Morgan fingerprint density at radius 3 is 3.05 bits per heavy atom. The summed E-state index contributed by atoms with van der Waals surface area (Å²) in [5.74, 6) is 0.322. The lowest BCUT2D eigenvalue weighted by Gasteiger charge is -2.16. The van der Waals surface area contributed by atoms with Gasteiger partial charge >= 0.3 is 12.0 Å². The minimum Gasteiger partial charge on any atom is -0.467 e. The molecule has 19 heavy (non-hydrogen) atoms.